The number of benzene rings is 1. The molecule has 0 spiro atoms. The molecular weight excluding hydrogens is 340 g/mol. The second-order valence-corrected chi connectivity index (χ2v) is 7.01. The van der Waals surface area contributed by atoms with Crippen molar-refractivity contribution in [1.29, 1.82) is 0 Å². The zero-order valence-electron chi connectivity index (χ0n) is 11.0. The number of aryl methyl sites for hydroxylation is 1. The number of nitrogens with one attached hydrogen (secondary N) is 1. The highest BCUT2D eigenvalue weighted by Crippen LogP contribution is 2.37. The van der Waals surface area contributed by atoms with Crippen molar-refractivity contribution in [2.45, 2.75) is 13.0 Å². The van der Waals surface area contributed by atoms with Crippen LogP contribution in [0.1, 0.15) is 22.0 Å². The van der Waals surface area contributed by atoms with Gasteiger partial charge in [0.1, 0.15) is 13.2 Å². The van der Waals surface area contributed by atoms with Crippen LogP contribution in [0.4, 0.5) is 0 Å². The molecule has 1 aromatic carbocycles. The summed E-state index contributed by atoms with van der Waals surface area (Å²) in [5, 5.41) is 0. The molecule has 0 saturated heterocycles. The van der Waals surface area contributed by atoms with Crippen LogP contribution in [0.3, 0.4) is 0 Å². The van der Waals surface area contributed by atoms with Crippen LogP contribution in [0.5, 0.6) is 11.5 Å². The van der Waals surface area contributed by atoms with Gasteiger partial charge in [-0.1, -0.05) is 6.07 Å². The van der Waals surface area contributed by atoms with E-state index in [1.807, 2.05) is 18.2 Å². The third kappa shape index (κ3) is 2.56. The van der Waals surface area contributed by atoms with Crippen molar-refractivity contribution in [3.8, 4) is 11.5 Å². The van der Waals surface area contributed by atoms with Gasteiger partial charge in [-0.2, -0.15) is 0 Å². The summed E-state index contributed by atoms with van der Waals surface area (Å²) >= 11 is 5.23. The second kappa shape index (κ2) is 5.73. The largest absolute Gasteiger partial charge is 0.486 e. The van der Waals surface area contributed by atoms with E-state index in [1.54, 1.807) is 11.3 Å². The van der Waals surface area contributed by atoms with E-state index in [1.165, 1.54) is 5.56 Å². The average Bonchev–Trinajstić information content (AvgIpc) is 2.79. The first-order chi connectivity index (χ1) is 9.69. The summed E-state index contributed by atoms with van der Waals surface area (Å²) in [6.45, 7) is 3.25. The number of halogens is 1. The molecule has 0 bridgehead atoms. The van der Waals surface area contributed by atoms with E-state index >= 15 is 0 Å². The number of fused-ring (bicyclic) bond motifs is 1. The topological polar surface area (TPSA) is 56.5 Å². The number of hydrazine groups is 1. The highest BCUT2D eigenvalue weighted by atomic mass is 79.9. The van der Waals surface area contributed by atoms with Crippen molar-refractivity contribution < 1.29 is 9.47 Å². The minimum absolute atomic E-state index is 0.0548. The zero-order valence-corrected chi connectivity index (χ0v) is 13.4. The van der Waals surface area contributed by atoms with Crippen molar-refractivity contribution in [1.82, 2.24) is 5.43 Å². The van der Waals surface area contributed by atoms with Gasteiger partial charge in [0, 0.05) is 4.88 Å². The number of ether oxygens (including phenoxy) is 2. The molecule has 2 heterocycles. The fraction of sp³-hybridized carbons (Fsp3) is 0.286. The number of nitrogens with two attached hydrogens (primary N) is 1. The number of rotatable bonds is 3. The van der Waals surface area contributed by atoms with Gasteiger partial charge in [-0.3, -0.25) is 5.84 Å². The fourth-order valence-corrected chi connectivity index (χ4v) is 3.87. The van der Waals surface area contributed by atoms with Crippen molar-refractivity contribution in [3.05, 3.63) is 44.1 Å². The minimum Gasteiger partial charge on any atom is -0.486 e. The third-order valence-corrected chi connectivity index (χ3v) is 5.43. The molecule has 6 heteroatoms. The van der Waals surface area contributed by atoms with Gasteiger partial charge in [-0.15, -0.1) is 11.3 Å². The molecule has 2 aromatic rings. The van der Waals surface area contributed by atoms with Gasteiger partial charge < -0.3 is 9.47 Å². The van der Waals surface area contributed by atoms with Gasteiger partial charge in [0.15, 0.2) is 11.5 Å². The van der Waals surface area contributed by atoms with Crippen molar-refractivity contribution in [2.75, 3.05) is 13.2 Å². The number of hydrogen-bond acceptors (Lipinski definition) is 5. The summed E-state index contributed by atoms with van der Waals surface area (Å²) in [4.78, 5) is 1.16. The molecule has 0 fully saturated rings. The summed E-state index contributed by atoms with van der Waals surface area (Å²) in [5.41, 5.74) is 5.15. The maximum absolute atomic E-state index is 5.74. The summed E-state index contributed by atoms with van der Waals surface area (Å²) in [7, 11) is 0. The Morgan fingerprint density at radius 2 is 2.00 bits per heavy atom. The maximum atomic E-state index is 5.74. The zero-order chi connectivity index (χ0) is 14.1. The normalized spacial score (nSPS) is 15.2. The smallest absolute Gasteiger partial charge is 0.161 e. The van der Waals surface area contributed by atoms with Gasteiger partial charge in [-0.05, 0) is 52.2 Å². The first kappa shape index (κ1) is 13.9. The van der Waals surface area contributed by atoms with E-state index in [0.29, 0.717) is 13.2 Å². The van der Waals surface area contributed by atoms with Gasteiger partial charge in [0.25, 0.3) is 0 Å². The molecule has 0 amide bonds. The summed E-state index contributed by atoms with van der Waals surface area (Å²) in [6, 6.07) is 8.02. The van der Waals surface area contributed by atoms with Crippen LogP contribution in [0, 0.1) is 6.92 Å². The van der Waals surface area contributed by atoms with E-state index in [2.05, 4.69) is 34.3 Å². The van der Waals surface area contributed by atoms with Gasteiger partial charge in [0.2, 0.25) is 0 Å². The lowest BCUT2D eigenvalue weighted by atomic mass is 10.0. The van der Waals surface area contributed by atoms with Crippen LogP contribution < -0.4 is 20.7 Å². The number of hydrogen-bond donors (Lipinski definition) is 2. The Labute approximate surface area is 130 Å². The van der Waals surface area contributed by atoms with Gasteiger partial charge in [-0.25, -0.2) is 5.43 Å². The van der Waals surface area contributed by atoms with Crippen molar-refractivity contribution >= 4 is 27.3 Å². The Hall–Kier alpha value is -1.08. The molecule has 0 aliphatic carbocycles. The molecule has 4 nitrogen and oxygen atoms in total. The molecule has 1 atom stereocenters. The molecule has 106 valence electrons. The lowest BCUT2D eigenvalue weighted by Gasteiger charge is -2.21. The summed E-state index contributed by atoms with van der Waals surface area (Å²) in [5.74, 6) is 7.31. The Morgan fingerprint density at radius 1 is 1.25 bits per heavy atom. The Bertz CT molecular complexity index is 610. The second-order valence-electron chi connectivity index (χ2n) is 4.61. The fourth-order valence-electron chi connectivity index (χ4n) is 2.21. The summed E-state index contributed by atoms with van der Waals surface area (Å²) in [6.07, 6.45) is 0. The highest BCUT2D eigenvalue weighted by Gasteiger charge is 2.19. The lowest BCUT2D eigenvalue weighted by molar-refractivity contribution is 0.171. The predicted molar refractivity (Wildman–Crippen MR) is 83.4 cm³/mol. The molecule has 1 aliphatic heterocycles. The van der Waals surface area contributed by atoms with Crippen LogP contribution in [-0.4, -0.2) is 13.2 Å². The van der Waals surface area contributed by atoms with E-state index < -0.39 is 0 Å². The Kier molecular flexibility index (Phi) is 3.98. The standard InChI is InChI=1S/C14H15BrN2O2S/c1-8-6-12(20-14(8)15)13(17-16)9-2-3-10-11(7-9)19-5-4-18-10/h2-3,6-7,13,17H,4-5,16H2,1H3. The van der Waals surface area contributed by atoms with E-state index in [4.69, 9.17) is 15.3 Å². The van der Waals surface area contributed by atoms with E-state index in [9.17, 15) is 0 Å². The van der Waals surface area contributed by atoms with Crippen LogP contribution in [-0.2, 0) is 0 Å². The van der Waals surface area contributed by atoms with Crippen molar-refractivity contribution in [2.24, 2.45) is 5.84 Å². The molecule has 20 heavy (non-hydrogen) atoms. The molecule has 3 N–H and O–H groups in total. The quantitative estimate of drug-likeness (QED) is 0.656. The molecule has 1 aliphatic rings. The van der Waals surface area contributed by atoms with E-state index in [0.717, 1.165) is 25.7 Å². The molecule has 3 rings (SSSR count). The van der Waals surface area contributed by atoms with Crippen LogP contribution >= 0.6 is 27.3 Å². The first-order valence-corrected chi connectivity index (χ1v) is 7.91. The van der Waals surface area contributed by atoms with E-state index in [-0.39, 0.29) is 6.04 Å². The summed E-state index contributed by atoms with van der Waals surface area (Å²) < 4.78 is 12.3. The monoisotopic (exact) mass is 354 g/mol. The molecule has 0 radical (unpaired) electrons. The molecular formula is C14H15BrN2O2S. The maximum Gasteiger partial charge on any atom is 0.161 e. The van der Waals surface area contributed by atoms with Crippen molar-refractivity contribution in [3.63, 3.8) is 0 Å². The Morgan fingerprint density at radius 3 is 2.65 bits per heavy atom. The third-order valence-electron chi connectivity index (χ3n) is 3.23. The van der Waals surface area contributed by atoms with Gasteiger partial charge >= 0.3 is 0 Å². The first-order valence-electron chi connectivity index (χ1n) is 6.30. The SMILES string of the molecule is Cc1cc(C(NN)c2ccc3c(c2)OCCO3)sc1Br. The van der Waals surface area contributed by atoms with Gasteiger partial charge in [0.05, 0.1) is 9.83 Å². The average molecular weight is 355 g/mol. The Balaban J connectivity index is 1.96. The molecule has 1 aromatic heterocycles. The van der Waals surface area contributed by atoms with Crippen LogP contribution in [0.15, 0.2) is 28.1 Å². The molecule has 1 unspecified atom stereocenters. The molecule has 0 saturated carbocycles. The van der Waals surface area contributed by atoms with Crippen LogP contribution in [0.25, 0.3) is 0 Å². The minimum atomic E-state index is -0.0548. The number of thiophene rings is 1. The lowest BCUT2D eigenvalue weighted by Crippen LogP contribution is -2.28. The highest BCUT2D eigenvalue weighted by molar-refractivity contribution is 9.11. The predicted octanol–water partition coefficient (Wildman–Crippen LogP) is 3.14. The van der Waals surface area contributed by atoms with Crippen LogP contribution in [0.2, 0.25) is 0 Å².